The number of nitrogens with two attached hydrogens (primary N) is 1. The van der Waals surface area contributed by atoms with E-state index in [2.05, 4.69) is 40.7 Å². The van der Waals surface area contributed by atoms with Gasteiger partial charge < -0.3 is 15.4 Å². The molecule has 5 heteroatoms. The minimum atomic E-state index is 0.222. The van der Waals surface area contributed by atoms with Crippen molar-refractivity contribution in [3.05, 3.63) is 28.2 Å². The van der Waals surface area contributed by atoms with Gasteiger partial charge in [0.2, 0.25) is 0 Å². The Morgan fingerprint density at radius 3 is 2.89 bits per heavy atom. The Hall–Kier alpha value is -0.650. The number of rotatable bonds is 2. The Kier molecular flexibility index (Phi) is 4.25. The monoisotopic (exact) mass is 328 g/mol. The fourth-order valence-corrected chi connectivity index (χ4v) is 3.15. The van der Waals surface area contributed by atoms with Crippen molar-refractivity contribution in [1.82, 2.24) is 0 Å². The van der Waals surface area contributed by atoms with Gasteiger partial charge in [-0.2, -0.15) is 0 Å². The molecule has 0 bridgehead atoms. The second kappa shape index (κ2) is 5.55. The molecule has 2 atom stereocenters. The van der Waals surface area contributed by atoms with Crippen molar-refractivity contribution in [1.29, 1.82) is 0 Å². The molecule has 2 rings (SSSR count). The highest BCUT2D eigenvalue weighted by Crippen LogP contribution is 2.30. The van der Waals surface area contributed by atoms with Gasteiger partial charge in [0.25, 0.3) is 0 Å². The number of thiocarbonyl (C=S) groups is 1. The smallest absolute Gasteiger partial charge is 0.107 e. The number of nitrogens with zero attached hydrogens (tertiary/aromatic N) is 1. The van der Waals surface area contributed by atoms with E-state index in [1.165, 1.54) is 0 Å². The van der Waals surface area contributed by atoms with Gasteiger partial charge in [0, 0.05) is 28.3 Å². The van der Waals surface area contributed by atoms with E-state index in [0.29, 0.717) is 11.0 Å². The third-order valence-electron chi connectivity index (χ3n) is 3.16. The Balaban J connectivity index is 2.43. The zero-order valence-corrected chi connectivity index (χ0v) is 12.9. The second-order valence-corrected chi connectivity index (χ2v) is 5.94. The quantitative estimate of drug-likeness (QED) is 0.847. The molecule has 2 N–H and O–H groups in total. The number of anilines is 1. The van der Waals surface area contributed by atoms with E-state index >= 15 is 0 Å². The molecule has 0 saturated carbocycles. The van der Waals surface area contributed by atoms with Crippen LogP contribution in [0.15, 0.2) is 22.7 Å². The van der Waals surface area contributed by atoms with Gasteiger partial charge in [0.05, 0.1) is 12.7 Å². The van der Waals surface area contributed by atoms with E-state index in [1.807, 2.05) is 12.1 Å². The van der Waals surface area contributed by atoms with Gasteiger partial charge in [-0.25, -0.2) is 0 Å². The summed E-state index contributed by atoms with van der Waals surface area (Å²) in [5, 5.41) is 0. The van der Waals surface area contributed by atoms with Gasteiger partial charge in [-0.3, -0.25) is 0 Å². The number of morpholine rings is 1. The molecule has 1 heterocycles. The molecular weight excluding hydrogens is 312 g/mol. The van der Waals surface area contributed by atoms with Crippen LogP contribution in [0.4, 0.5) is 5.69 Å². The number of hydrogen-bond acceptors (Lipinski definition) is 3. The van der Waals surface area contributed by atoms with Gasteiger partial charge in [-0.05, 0) is 41.9 Å². The Labute approximate surface area is 121 Å². The van der Waals surface area contributed by atoms with E-state index in [0.717, 1.165) is 28.9 Å². The molecule has 0 aromatic heterocycles. The maximum Gasteiger partial charge on any atom is 0.107 e. The molecule has 0 radical (unpaired) electrons. The lowest BCUT2D eigenvalue weighted by molar-refractivity contribution is 0.0343. The summed E-state index contributed by atoms with van der Waals surface area (Å²) in [5.74, 6) is 0. The van der Waals surface area contributed by atoms with Crippen LogP contribution in [-0.2, 0) is 4.74 Å². The molecule has 1 aromatic rings. The summed E-state index contributed by atoms with van der Waals surface area (Å²) >= 11 is 8.69. The standard InChI is InChI=1S/C13H17BrN2OS/c1-8-7-17-9(2)6-16(8)11-5-3-4-10(14)12(11)13(15)18/h3-5,8-9H,6-7H2,1-2H3,(H2,15,18). The summed E-state index contributed by atoms with van der Waals surface area (Å²) in [7, 11) is 0. The fraction of sp³-hybridized carbons (Fsp3) is 0.462. The van der Waals surface area contributed by atoms with Crippen LogP contribution in [0.5, 0.6) is 0 Å². The first kappa shape index (κ1) is 13.8. The predicted molar refractivity (Wildman–Crippen MR) is 82.3 cm³/mol. The molecule has 1 saturated heterocycles. The number of benzene rings is 1. The van der Waals surface area contributed by atoms with Crippen LogP contribution in [0, 0.1) is 0 Å². The fourth-order valence-electron chi connectivity index (χ4n) is 2.23. The third kappa shape index (κ3) is 2.68. The second-order valence-electron chi connectivity index (χ2n) is 4.64. The van der Waals surface area contributed by atoms with Crippen LogP contribution in [-0.4, -0.2) is 30.3 Å². The SMILES string of the molecule is CC1CN(c2cccc(Br)c2C(N)=S)C(C)CO1. The highest BCUT2D eigenvalue weighted by Gasteiger charge is 2.26. The number of halogens is 1. The van der Waals surface area contributed by atoms with Crippen LogP contribution >= 0.6 is 28.1 Å². The van der Waals surface area contributed by atoms with E-state index in [1.54, 1.807) is 0 Å². The van der Waals surface area contributed by atoms with Crippen LogP contribution in [0.25, 0.3) is 0 Å². The minimum Gasteiger partial charge on any atom is -0.389 e. The normalized spacial score (nSPS) is 24.1. The molecule has 18 heavy (non-hydrogen) atoms. The molecule has 1 aromatic carbocycles. The lowest BCUT2D eigenvalue weighted by atomic mass is 10.1. The molecule has 3 nitrogen and oxygen atoms in total. The molecule has 0 amide bonds. The zero-order chi connectivity index (χ0) is 13.3. The molecular formula is C13H17BrN2OS. The summed E-state index contributed by atoms with van der Waals surface area (Å²) in [4.78, 5) is 2.73. The van der Waals surface area contributed by atoms with Crippen LogP contribution in [0.2, 0.25) is 0 Å². The van der Waals surface area contributed by atoms with Crippen LogP contribution in [0.3, 0.4) is 0 Å². The number of hydrogen-bond donors (Lipinski definition) is 1. The summed E-state index contributed by atoms with van der Waals surface area (Å²) in [5.41, 5.74) is 7.84. The first-order valence-electron chi connectivity index (χ1n) is 5.97. The van der Waals surface area contributed by atoms with Gasteiger partial charge in [-0.15, -0.1) is 0 Å². The average molecular weight is 329 g/mol. The Morgan fingerprint density at radius 1 is 1.50 bits per heavy atom. The highest BCUT2D eigenvalue weighted by atomic mass is 79.9. The van der Waals surface area contributed by atoms with Gasteiger partial charge in [0.1, 0.15) is 4.99 Å². The molecule has 1 aliphatic heterocycles. The maximum atomic E-state index is 5.85. The van der Waals surface area contributed by atoms with E-state index in [4.69, 9.17) is 22.7 Å². The van der Waals surface area contributed by atoms with E-state index in [9.17, 15) is 0 Å². The van der Waals surface area contributed by atoms with Crippen molar-refractivity contribution in [2.45, 2.75) is 26.0 Å². The van der Waals surface area contributed by atoms with Gasteiger partial charge >= 0.3 is 0 Å². The molecule has 1 aliphatic rings. The molecule has 98 valence electrons. The molecule has 1 fully saturated rings. The third-order valence-corrected chi connectivity index (χ3v) is 4.02. The Bertz CT molecular complexity index is 466. The van der Waals surface area contributed by atoms with Crippen molar-refractivity contribution >= 4 is 38.8 Å². The van der Waals surface area contributed by atoms with Crippen molar-refractivity contribution in [3.8, 4) is 0 Å². The van der Waals surface area contributed by atoms with Crippen LogP contribution in [0.1, 0.15) is 19.4 Å². The molecule has 2 unspecified atom stereocenters. The lowest BCUT2D eigenvalue weighted by Gasteiger charge is -2.39. The van der Waals surface area contributed by atoms with E-state index in [-0.39, 0.29) is 6.10 Å². The van der Waals surface area contributed by atoms with Crippen LogP contribution < -0.4 is 10.6 Å². The topological polar surface area (TPSA) is 38.5 Å². The highest BCUT2D eigenvalue weighted by molar-refractivity contribution is 9.10. The lowest BCUT2D eigenvalue weighted by Crippen LogP contribution is -2.48. The van der Waals surface area contributed by atoms with E-state index < -0.39 is 0 Å². The summed E-state index contributed by atoms with van der Waals surface area (Å²) in [6, 6.07) is 6.36. The largest absolute Gasteiger partial charge is 0.389 e. The zero-order valence-electron chi connectivity index (χ0n) is 10.5. The minimum absolute atomic E-state index is 0.222. The van der Waals surface area contributed by atoms with Gasteiger partial charge in [-0.1, -0.05) is 18.3 Å². The van der Waals surface area contributed by atoms with Crippen molar-refractivity contribution < 1.29 is 4.74 Å². The number of ether oxygens (including phenoxy) is 1. The predicted octanol–water partition coefficient (Wildman–Crippen LogP) is 2.70. The van der Waals surface area contributed by atoms with Crippen molar-refractivity contribution in [2.75, 3.05) is 18.1 Å². The molecule has 0 aliphatic carbocycles. The van der Waals surface area contributed by atoms with Crippen molar-refractivity contribution in [2.24, 2.45) is 5.73 Å². The first-order chi connectivity index (χ1) is 8.50. The Morgan fingerprint density at radius 2 is 2.22 bits per heavy atom. The van der Waals surface area contributed by atoms with Gasteiger partial charge in [0.15, 0.2) is 0 Å². The maximum absolute atomic E-state index is 5.85. The molecule has 0 spiro atoms. The summed E-state index contributed by atoms with van der Waals surface area (Å²) in [6.45, 7) is 5.81. The average Bonchev–Trinajstić information content (AvgIpc) is 2.31. The van der Waals surface area contributed by atoms with Crippen molar-refractivity contribution in [3.63, 3.8) is 0 Å². The first-order valence-corrected chi connectivity index (χ1v) is 7.17. The summed E-state index contributed by atoms with van der Waals surface area (Å²) in [6.07, 6.45) is 0.222. The summed E-state index contributed by atoms with van der Waals surface area (Å²) < 4.78 is 6.60.